The minimum atomic E-state index is -0.611. The second-order valence-electron chi connectivity index (χ2n) is 8.36. The van der Waals surface area contributed by atoms with E-state index in [9.17, 15) is 15.2 Å². The molecule has 3 atom stereocenters. The number of rotatable bonds is 5. The minimum Gasteiger partial charge on any atom is -0.497 e. The van der Waals surface area contributed by atoms with Crippen molar-refractivity contribution in [1.29, 1.82) is 5.26 Å². The highest BCUT2D eigenvalue weighted by Crippen LogP contribution is 2.44. The van der Waals surface area contributed by atoms with Crippen LogP contribution in [0.15, 0.2) is 48.5 Å². The predicted octanol–water partition coefficient (Wildman–Crippen LogP) is 4.06. The molecular formula is C25H29N3O3. The Balaban J connectivity index is 1.59. The summed E-state index contributed by atoms with van der Waals surface area (Å²) in [6.45, 7) is -0.183. The highest BCUT2D eigenvalue weighted by atomic mass is 16.5. The summed E-state index contributed by atoms with van der Waals surface area (Å²) in [6.07, 6.45) is 5.40. The molecule has 2 N–H and O–H groups in total. The summed E-state index contributed by atoms with van der Waals surface area (Å²) in [5.74, 6) is 0.531. The predicted molar refractivity (Wildman–Crippen MR) is 119 cm³/mol. The minimum absolute atomic E-state index is 0.158. The zero-order valence-corrected chi connectivity index (χ0v) is 17.8. The normalized spacial score (nSPS) is 23.5. The molecule has 0 bridgehead atoms. The lowest BCUT2D eigenvalue weighted by Crippen LogP contribution is -2.68. The number of methoxy groups -OCH3 is 1. The van der Waals surface area contributed by atoms with Crippen LogP contribution in [0.25, 0.3) is 11.1 Å². The SMILES string of the molecule is COc1ccc(-c2ccccc2[C@H]2[C@@H](C#N)N(C(=O)NC3CCCCC3)[C@H]2CO)cc1. The molecule has 6 heteroatoms. The molecule has 31 heavy (non-hydrogen) atoms. The van der Waals surface area contributed by atoms with Gasteiger partial charge in [0.05, 0.1) is 25.8 Å². The van der Waals surface area contributed by atoms with Crippen molar-refractivity contribution in [2.24, 2.45) is 0 Å². The fraction of sp³-hybridized carbons (Fsp3) is 0.440. The third-order valence-electron chi connectivity index (χ3n) is 6.62. The van der Waals surface area contributed by atoms with Gasteiger partial charge in [-0.05, 0) is 41.7 Å². The van der Waals surface area contributed by atoms with Crippen molar-refractivity contribution < 1.29 is 14.6 Å². The summed E-state index contributed by atoms with van der Waals surface area (Å²) in [4.78, 5) is 14.5. The summed E-state index contributed by atoms with van der Waals surface area (Å²) in [5, 5.41) is 23.1. The topological polar surface area (TPSA) is 85.6 Å². The van der Waals surface area contributed by atoms with Crippen LogP contribution in [0, 0.1) is 11.3 Å². The van der Waals surface area contributed by atoms with Gasteiger partial charge in [-0.15, -0.1) is 0 Å². The highest BCUT2D eigenvalue weighted by molar-refractivity contribution is 5.79. The van der Waals surface area contributed by atoms with Crippen molar-refractivity contribution in [3.8, 4) is 22.9 Å². The molecular weight excluding hydrogens is 390 g/mol. The van der Waals surface area contributed by atoms with Crippen LogP contribution < -0.4 is 10.1 Å². The van der Waals surface area contributed by atoms with Gasteiger partial charge in [-0.2, -0.15) is 5.26 Å². The number of nitrogens with one attached hydrogen (secondary N) is 1. The molecule has 1 saturated carbocycles. The lowest BCUT2D eigenvalue weighted by Gasteiger charge is -2.52. The number of benzene rings is 2. The molecule has 0 unspecified atom stereocenters. The monoisotopic (exact) mass is 419 g/mol. The number of aliphatic hydroxyl groups is 1. The van der Waals surface area contributed by atoms with E-state index >= 15 is 0 Å². The van der Waals surface area contributed by atoms with E-state index in [-0.39, 0.29) is 24.6 Å². The van der Waals surface area contributed by atoms with E-state index in [2.05, 4.69) is 11.4 Å². The van der Waals surface area contributed by atoms with E-state index in [1.165, 1.54) is 11.3 Å². The fourth-order valence-corrected chi connectivity index (χ4v) is 4.98. The second-order valence-corrected chi connectivity index (χ2v) is 8.36. The van der Waals surface area contributed by atoms with Gasteiger partial charge in [-0.1, -0.05) is 55.7 Å². The Morgan fingerprint density at radius 2 is 1.87 bits per heavy atom. The third kappa shape index (κ3) is 4.11. The maximum atomic E-state index is 13.0. The molecule has 4 rings (SSSR count). The zero-order chi connectivity index (χ0) is 21.8. The van der Waals surface area contributed by atoms with Crippen LogP contribution >= 0.6 is 0 Å². The van der Waals surface area contributed by atoms with Crippen LogP contribution in [-0.2, 0) is 0 Å². The Kier molecular flexibility index (Phi) is 6.43. The van der Waals surface area contributed by atoms with Gasteiger partial charge in [0.2, 0.25) is 0 Å². The first-order valence-corrected chi connectivity index (χ1v) is 11.0. The van der Waals surface area contributed by atoms with Gasteiger partial charge in [0.15, 0.2) is 0 Å². The Hall–Kier alpha value is -3.04. The molecule has 2 aromatic carbocycles. The van der Waals surface area contributed by atoms with Gasteiger partial charge < -0.3 is 20.1 Å². The standard InChI is InChI=1S/C25H29N3O3/c1-31-19-13-11-17(12-14-19)20-9-5-6-10-21(20)24-22(15-26)28(23(24)16-29)25(30)27-18-7-3-2-4-8-18/h5-6,9-14,18,22-24,29H,2-4,7-8,16H2,1H3,(H,27,30)/t22-,23+,24+/m1/s1. The molecule has 0 spiro atoms. The second kappa shape index (κ2) is 9.40. The van der Waals surface area contributed by atoms with Crippen molar-refractivity contribution in [3.63, 3.8) is 0 Å². The first-order chi connectivity index (χ1) is 15.2. The maximum Gasteiger partial charge on any atom is 0.319 e. The number of likely N-dealkylation sites (tertiary alicyclic amines) is 1. The van der Waals surface area contributed by atoms with Crippen LogP contribution in [0.3, 0.4) is 0 Å². The summed E-state index contributed by atoms with van der Waals surface area (Å²) in [5.41, 5.74) is 2.98. The molecule has 2 fully saturated rings. The number of nitriles is 1. The van der Waals surface area contributed by atoms with Crippen molar-refractivity contribution in [2.75, 3.05) is 13.7 Å². The summed E-state index contributed by atoms with van der Waals surface area (Å²) >= 11 is 0. The van der Waals surface area contributed by atoms with Crippen LogP contribution in [0.2, 0.25) is 0 Å². The fourth-order valence-electron chi connectivity index (χ4n) is 4.98. The summed E-state index contributed by atoms with van der Waals surface area (Å²) in [6, 6.07) is 16.9. The number of nitrogens with zero attached hydrogens (tertiary/aromatic N) is 2. The lowest BCUT2D eigenvalue weighted by atomic mass is 9.73. The van der Waals surface area contributed by atoms with Crippen molar-refractivity contribution in [1.82, 2.24) is 10.2 Å². The molecule has 1 aliphatic heterocycles. The summed E-state index contributed by atoms with van der Waals surface area (Å²) < 4.78 is 5.26. The van der Waals surface area contributed by atoms with Crippen LogP contribution in [-0.4, -0.2) is 47.9 Å². The highest BCUT2D eigenvalue weighted by Gasteiger charge is 2.52. The molecule has 0 aromatic heterocycles. The molecule has 162 valence electrons. The molecule has 1 aliphatic carbocycles. The lowest BCUT2D eigenvalue weighted by molar-refractivity contribution is 0.0155. The number of aliphatic hydroxyl groups excluding tert-OH is 1. The molecule has 1 saturated heterocycles. The molecule has 1 heterocycles. The van der Waals surface area contributed by atoms with E-state index < -0.39 is 12.1 Å². The van der Waals surface area contributed by atoms with Crippen LogP contribution in [0.1, 0.15) is 43.6 Å². The Labute approximate surface area is 183 Å². The first kappa shape index (κ1) is 21.2. The molecule has 2 aliphatic rings. The number of hydrogen-bond acceptors (Lipinski definition) is 4. The van der Waals surface area contributed by atoms with Gasteiger partial charge >= 0.3 is 6.03 Å². The summed E-state index contributed by atoms with van der Waals surface area (Å²) in [7, 11) is 1.63. The van der Waals surface area contributed by atoms with Gasteiger partial charge in [-0.25, -0.2) is 4.79 Å². The Bertz CT molecular complexity index is 947. The van der Waals surface area contributed by atoms with Crippen LogP contribution in [0.5, 0.6) is 5.75 Å². The van der Waals surface area contributed by atoms with E-state index in [4.69, 9.17) is 4.74 Å². The van der Waals surface area contributed by atoms with Gasteiger partial charge in [-0.3, -0.25) is 0 Å². The van der Waals surface area contributed by atoms with Crippen molar-refractivity contribution in [3.05, 3.63) is 54.1 Å². The largest absolute Gasteiger partial charge is 0.497 e. The van der Waals surface area contributed by atoms with Gasteiger partial charge in [0.25, 0.3) is 0 Å². The van der Waals surface area contributed by atoms with E-state index in [0.717, 1.165) is 48.1 Å². The first-order valence-electron chi connectivity index (χ1n) is 11.0. The number of amides is 2. The number of ether oxygens (including phenoxy) is 1. The van der Waals surface area contributed by atoms with E-state index in [0.29, 0.717) is 0 Å². The average Bonchev–Trinajstić information content (AvgIpc) is 2.80. The quantitative estimate of drug-likeness (QED) is 0.765. The van der Waals surface area contributed by atoms with Gasteiger partial charge in [0.1, 0.15) is 11.8 Å². The number of carbonyl (C=O) groups is 1. The van der Waals surface area contributed by atoms with Crippen molar-refractivity contribution in [2.45, 2.75) is 56.1 Å². The molecule has 2 aromatic rings. The van der Waals surface area contributed by atoms with Gasteiger partial charge in [0, 0.05) is 12.0 Å². The van der Waals surface area contributed by atoms with Crippen LogP contribution in [0.4, 0.5) is 4.79 Å². The smallest absolute Gasteiger partial charge is 0.319 e. The molecule has 6 nitrogen and oxygen atoms in total. The van der Waals surface area contributed by atoms with Crippen molar-refractivity contribution >= 4 is 6.03 Å². The number of hydrogen-bond donors (Lipinski definition) is 2. The average molecular weight is 420 g/mol. The number of urea groups is 1. The molecule has 0 radical (unpaired) electrons. The Morgan fingerprint density at radius 3 is 2.52 bits per heavy atom. The number of carbonyl (C=O) groups excluding carboxylic acids is 1. The van der Waals surface area contributed by atoms with E-state index in [1.807, 2.05) is 48.5 Å². The molecule has 2 amide bonds. The van der Waals surface area contributed by atoms with E-state index in [1.54, 1.807) is 7.11 Å². The maximum absolute atomic E-state index is 13.0. The zero-order valence-electron chi connectivity index (χ0n) is 17.8. The Morgan fingerprint density at radius 1 is 1.16 bits per heavy atom. The third-order valence-corrected chi connectivity index (χ3v) is 6.62.